The van der Waals surface area contributed by atoms with Crippen LogP contribution in [0.3, 0.4) is 0 Å². The van der Waals surface area contributed by atoms with E-state index in [1.165, 1.54) is 11.3 Å². The highest BCUT2D eigenvalue weighted by Gasteiger charge is 2.31. The molecule has 1 aromatic rings. The summed E-state index contributed by atoms with van der Waals surface area (Å²) < 4.78 is 0. The standard InChI is InChI=1S/C10H15N3O2S/c1-10(15)2-4-13(7-10)6-8(14)12-9-11-3-5-16-9/h3,5,15H,2,4,6-7H2,1H3,(H,11,12,14). The molecule has 0 aliphatic carbocycles. The van der Waals surface area contributed by atoms with Crippen LogP contribution in [0.25, 0.3) is 0 Å². The van der Waals surface area contributed by atoms with Gasteiger partial charge in [-0.05, 0) is 13.3 Å². The van der Waals surface area contributed by atoms with E-state index in [1.807, 2.05) is 10.3 Å². The minimum Gasteiger partial charge on any atom is -0.389 e. The van der Waals surface area contributed by atoms with Gasteiger partial charge < -0.3 is 10.4 Å². The molecule has 0 saturated carbocycles. The molecule has 0 aromatic carbocycles. The Labute approximate surface area is 98.1 Å². The van der Waals surface area contributed by atoms with Gasteiger partial charge in [0.2, 0.25) is 5.91 Å². The summed E-state index contributed by atoms with van der Waals surface area (Å²) in [5.41, 5.74) is -0.651. The Morgan fingerprint density at radius 3 is 3.19 bits per heavy atom. The van der Waals surface area contributed by atoms with Gasteiger partial charge >= 0.3 is 0 Å². The smallest absolute Gasteiger partial charge is 0.240 e. The van der Waals surface area contributed by atoms with E-state index in [4.69, 9.17) is 0 Å². The summed E-state index contributed by atoms with van der Waals surface area (Å²) >= 11 is 1.40. The summed E-state index contributed by atoms with van der Waals surface area (Å²) in [6.45, 7) is 3.43. The van der Waals surface area contributed by atoms with E-state index in [1.54, 1.807) is 13.1 Å². The lowest BCUT2D eigenvalue weighted by atomic mass is 10.1. The second kappa shape index (κ2) is 4.48. The number of carbonyl (C=O) groups excluding carboxylic acids is 1. The number of hydrogen-bond donors (Lipinski definition) is 2. The monoisotopic (exact) mass is 241 g/mol. The number of carbonyl (C=O) groups is 1. The van der Waals surface area contributed by atoms with Crippen LogP contribution in [0.4, 0.5) is 5.13 Å². The van der Waals surface area contributed by atoms with E-state index in [9.17, 15) is 9.90 Å². The summed E-state index contributed by atoms with van der Waals surface area (Å²) in [4.78, 5) is 17.5. The molecule has 1 unspecified atom stereocenters. The van der Waals surface area contributed by atoms with Crippen LogP contribution in [0.1, 0.15) is 13.3 Å². The molecule has 88 valence electrons. The Kier molecular flexibility index (Phi) is 3.22. The lowest BCUT2D eigenvalue weighted by Gasteiger charge is -2.17. The minimum absolute atomic E-state index is 0.0762. The topological polar surface area (TPSA) is 65.5 Å². The van der Waals surface area contributed by atoms with Gasteiger partial charge in [-0.1, -0.05) is 0 Å². The molecule has 16 heavy (non-hydrogen) atoms. The first-order chi connectivity index (χ1) is 7.55. The molecule has 5 nitrogen and oxygen atoms in total. The number of likely N-dealkylation sites (tertiary alicyclic amines) is 1. The van der Waals surface area contributed by atoms with Crippen molar-refractivity contribution < 1.29 is 9.90 Å². The van der Waals surface area contributed by atoms with Crippen LogP contribution in [0.2, 0.25) is 0 Å². The highest BCUT2D eigenvalue weighted by atomic mass is 32.1. The Hall–Kier alpha value is -0.980. The average Bonchev–Trinajstić information content (AvgIpc) is 2.76. The number of β-amino-alcohol motifs (C(OH)–C–C–N with tert-alkyl or cyclic N) is 1. The van der Waals surface area contributed by atoms with Crippen LogP contribution in [0, 0.1) is 0 Å². The average molecular weight is 241 g/mol. The first-order valence-corrected chi connectivity index (χ1v) is 6.07. The third-order valence-electron chi connectivity index (χ3n) is 2.58. The van der Waals surface area contributed by atoms with Crippen molar-refractivity contribution in [3.8, 4) is 0 Å². The Morgan fingerprint density at radius 2 is 2.62 bits per heavy atom. The molecular weight excluding hydrogens is 226 g/mol. The molecule has 1 saturated heterocycles. The van der Waals surface area contributed by atoms with E-state index >= 15 is 0 Å². The van der Waals surface area contributed by atoms with Crippen molar-refractivity contribution in [2.75, 3.05) is 25.0 Å². The summed E-state index contributed by atoms with van der Waals surface area (Å²) in [5, 5.41) is 14.9. The van der Waals surface area contributed by atoms with Crippen LogP contribution < -0.4 is 5.32 Å². The molecule has 0 radical (unpaired) electrons. The van der Waals surface area contributed by atoms with Crippen molar-refractivity contribution in [1.82, 2.24) is 9.88 Å². The third-order valence-corrected chi connectivity index (χ3v) is 3.27. The fourth-order valence-corrected chi connectivity index (χ4v) is 2.37. The summed E-state index contributed by atoms with van der Waals surface area (Å²) in [6, 6.07) is 0. The van der Waals surface area contributed by atoms with Crippen LogP contribution in [-0.4, -0.2) is 46.1 Å². The van der Waals surface area contributed by atoms with Crippen molar-refractivity contribution in [1.29, 1.82) is 0 Å². The molecule has 2 heterocycles. The number of amides is 1. The fourth-order valence-electron chi connectivity index (χ4n) is 1.82. The van der Waals surface area contributed by atoms with E-state index in [-0.39, 0.29) is 5.91 Å². The Balaban J connectivity index is 1.80. The molecule has 1 aliphatic rings. The summed E-state index contributed by atoms with van der Waals surface area (Å²) in [7, 11) is 0. The van der Waals surface area contributed by atoms with Gasteiger partial charge in [-0.25, -0.2) is 4.98 Å². The second-order valence-corrected chi connectivity index (χ2v) is 5.24. The zero-order valence-electron chi connectivity index (χ0n) is 9.14. The zero-order valence-corrected chi connectivity index (χ0v) is 9.96. The third kappa shape index (κ3) is 3.01. The number of nitrogens with one attached hydrogen (secondary N) is 1. The van der Waals surface area contributed by atoms with Gasteiger partial charge in [0.1, 0.15) is 0 Å². The first kappa shape index (κ1) is 11.5. The van der Waals surface area contributed by atoms with Crippen LogP contribution in [0.5, 0.6) is 0 Å². The Bertz CT molecular complexity index is 364. The number of hydrogen-bond acceptors (Lipinski definition) is 5. The Morgan fingerprint density at radius 1 is 1.81 bits per heavy atom. The van der Waals surface area contributed by atoms with Crippen molar-refractivity contribution in [2.45, 2.75) is 18.9 Å². The first-order valence-electron chi connectivity index (χ1n) is 5.19. The second-order valence-electron chi connectivity index (χ2n) is 4.34. The van der Waals surface area contributed by atoms with Gasteiger partial charge in [0, 0.05) is 24.7 Å². The maximum absolute atomic E-state index is 11.6. The molecule has 1 fully saturated rings. The van der Waals surface area contributed by atoms with E-state index < -0.39 is 5.60 Å². The number of thiazole rings is 1. The van der Waals surface area contributed by atoms with Crippen molar-refractivity contribution in [3.63, 3.8) is 0 Å². The van der Waals surface area contributed by atoms with Crippen LogP contribution in [0.15, 0.2) is 11.6 Å². The van der Waals surface area contributed by atoms with Gasteiger partial charge in [0.25, 0.3) is 0 Å². The molecule has 2 N–H and O–H groups in total. The molecule has 6 heteroatoms. The van der Waals surface area contributed by atoms with E-state index in [0.717, 1.165) is 13.0 Å². The van der Waals surface area contributed by atoms with Crippen molar-refractivity contribution >= 4 is 22.4 Å². The zero-order chi connectivity index (χ0) is 11.6. The molecule has 0 spiro atoms. The number of anilines is 1. The minimum atomic E-state index is -0.651. The normalized spacial score (nSPS) is 25.9. The lowest BCUT2D eigenvalue weighted by Crippen LogP contribution is -2.35. The van der Waals surface area contributed by atoms with E-state index in [2.05, 4.69) is 10.3 Å². The van der Waals surface area contributed by atoms with Crippen LogP contribution in [-0.2, 0) is 4.79 Å². The van der Waals surface area contributed by atoms with Crippen molar-refractivity contribution in [3.05, 3.63) is 11.6 Å². The predicted octanol–water partition coefficient (Wildman–Crippen LogP) is 0.538. The van der Waals surface area contributed by atoms with Crippen LogP contribution >= 0.6 is 11.3 Å². The molecule has 0 bridgehead atoms. The summed E-state index contributed by atoms with van der Waals surface area (Å²) in [5.74, 6) is -0.0762. The van der Waals surface area contributed by atoms with Gasteiger partial charge in [-0.2, -0.15) is 0 Å². The molecular formula is C10H15N3O2S. The predicted molar refractivity (Wildman–Crippen MR) is 62.4 cm³/mol. The van der Waals surface area contributed by atoms with Gasteiger partial charge in [0.15, 0.2) is 5.13 Å². The molecule has 1 aliphatic heterocycles. The summed E-state index contributed by atoms with van der Waals surface area (Å²) in [6.07, 6.45) is 2.37. The van der Waals surface area contributed by atoms with Crippen molar-refractivity contribution in [2.24, 2.45) is 0 Å². The lowest BCUT2D eigenvalue weighted by molar-refractivity contribution is -0.117. The van der Waals surface area contributed by atoms with Gasteiger partial charge in [0.05, 0.1) is 12.1 Å². The highest BCUT2D eigenvalue weighted by molar-refractivity contribution is 7.13. The highest BCUT2D eigenvalue weighted by Crippen LogP contribution is 2.19. The quantitative estimate of drug-likeness (QED) is 0.810. The fraction of sp³-hybridized carbons (Fsp3) is 0.600. The number of rotatable bonds is 3. The van der Waals surface area contributed by atoms with E-state index in [0.29, 0.717) is 18.2 Å². The largest absolute Gasteiger partial charge is 0.389 e. The maximum atomic E-state index is 11.6. The number of aliphatic hydroxyl groups is 1. The SMILES string of the molecule is CC1(O)CCN(CC(=O)Nc2nccs2)C1. The number of nitrogens with zero attached hydrogens (tertiary/aromatic N) is 2. The van der Waals surface area contributed by atoms with Gasteiger partial charge in [-0.15, -0.1) is 11.3 Å². The molecule has 2 rings (SSSR count). The molecule has 1 amide bonds. The molecule has 1 aromatic heterocycles. The van der Waals surface area contributed by atoms with Gasteiger partial charge in [-0.3, -0.25) is 9.69 Å². The molecule has 1 atom stereocenters. The number of aromatic nitrogens is 1. The maximum Gasteiger partial charge on any atom is 0.240 e.